The Balaban J connectivity index is 1.49. The molecule has 2 heterocycles. The third-order valence-electron chi connectivity index (χ3n) is 6.10. The molecule has 0 fully saturated rings. The highest BCUT2D eigenvalue weighted by atomic mass is 35.5. The number of allylic oxidation sites excluding steroid dienone is 1. The monoisotopic (exact) mass is 558 g/mol. The average molecular weight is 559 g/mol. The van der Waals surface area contributed by atoms with E-state index in [-0.39, 0.29) is 12.2 Å². The molecule has 0 saturated heterocycles. The lowest BCUT2D eigenvalue weighted by molar-refractivity contribution is -0.139. The summed E-state index contributed by atoms with van der Waals surface area (Å²) in [5.74, 6) is -0.626. The second kappa shape index (κ2) is 11.2. The molecule has 196 valence electrons. The Bertz CT molecular complexity index is 1760. The molecule has 3 aromatic carbocycles. The van der Waals surface area contributed by atoms with E-state index in [4.69, 9.17) is 21.1 Å². The maximum atomic E-state index is 13.7. The van der Waals surface area contributed by atoms with Crippen LogP contribution in [0.4, 0.5) is 0 Å². The van der Waals surface area contributed by atoms with Crippen molar-refractivity contribution in [2.45, 2.75) is 19.9 Å². The Morgan fingerprint density at radius 3 is 2.36 bits per heavy atom. The largest absolute Gasteiger partial charge is 0.463 e. The third kappa shape index (κ3) is 5.48. The van der Waals surface area contributed by atoms with Gasteiger partial charge in [-0.25, -0.2) is 14.6 Å². The van der Waals surface area contributed by atoms with Crippen molar-refractivity contribution in [2.75, 3.05) is 6.61 Å². The van der Waals surface area contributed by atoms with Gasteiger partial charge in [0.05, 0.1) is 34.0 Å². The minimum atomic E-state index is -0.654. The highest BCUT2D eigenvalue weighted by Crippen LogP contribution is 2.30. The highest BCUT2D eigenvalue weighted by molar-refractivity contribution is 7.07. The minimum Gasteiger partial charge on any atom is -0.463 e. The van der Waals surface area contributed by atoms with Crippen LogP contribution in [0.15, 0.2) is 99.9 Å². The Hall–Kier alpha value is -4.27. The maximum absolute atomic E-state index is 13.7. The topological polar surface area (TPSA) is 87.0 Å². The summed E-state index contributed by atoms with van der Waals surface area (Å²) in [5.41, 5.74) is 2.50. The Labute approximate surface area is 232 Å². The SMILES string of the molecule is CCOC(=O)C1=C(C)N=c2s/c(=C/c3ccc(OC(=O)c4ccc(Cl)cc4)cc3)c(=O)n2C1c1ccccc1. The number of hydrogen-bond donors (Lipinski definition) is 0. The molecule has 9 heteroatoms. The molecule has 0 radical (unpaired) electrons. The number of rotatable bonds is 6. The smallest absolute Gasteiger partial charge is 0.343 e. The van der Waals surface area contributed by atoms with Crippen molar-refractivity contribution in [3.63, 3.8) is 0 Å². The lowest BCUT2D eigenvalue weighted by Gasteiger charge is -2.24. The number of benzene rings is 3. The number of aromatic nitrogens is 1. The van der Waals surface area contributed by atoms with Crippen LogP contribution in [-0.4, -0.2) is 23.1 Å². The van der Waals surface area contributed by atoms with Gasteiger partial charge < -0.3 is 9.47 Å². The van der Waals surface area contributed by atoms with Crippen molar-refractivity contribution >= 4 is 41.0 Å². The van der Waals surface area contributed by atoms with Gasteiger partial charge >= 0.3 is 11.9 Å². The van der Waals surface area contributed by atoms with Crippen LogP contribution in [0.1, 0.15) is 41.4 Å². The second-order valence-electron chi connectivity index (χ2n) is 8.68. The Morgan fingerprint density at radius 2 is 1.69 bits per heavy atom. The summed E-state index contributed by atoms with van der Waals surface area (Å²) < 4.78 is 12.8. The van der Waals surface area contributed by atoms with E-state index in [1.54, 1.807) is 73.0 Å². The molecule has 5 rings (SSSR count). The number of halogens is 1. The van der Waals surface area contributed by atoms with E-state index in [9.17, 15) is 14.4 Å². The van der Waals surface area contributed by atoms with Gasteiger partial charge in [-0.05, 0) is 67.4 Å². The molecule has 4 aromatic rings. The average Bonchev–Trinajstić information content (AvgIpc) is 3.23. The zero-order valence-corrected chi connectivity index (χ0v) is 22.7. The Kier molecular flexibility index (Phi) is 7.58. The summed E-state index contributed by atoms with van der Waals surface area (Å²) in [6.45, 7) is 3.71. The van der Waals surface area contributed by atoms with Crippen LogP contribution in [-0.2, 0) is 9.53 Å². The summed E-state index contributed by atoms with van der Waals surface area (Å²) in [6, 6.07) is 22.0. The summed E-state index contributed by atoms with van der Waals surface area (Å²) in [7, 11) is 0. The molecule has 7 nitrogen and oxygen atoms in total. The summed E-state index contributed by atoms with van der Waals surface area (Å²) in [6.07, 6.45) is 1.75. The molecular weight excluding hydrogens is 536 g/mol. The van der Waals surface area contributed by atoms with Crippen molar-refractivity contribution in [3.05, 3.63) is 132 Å². The van der Waals surface area contributed by atoms with Crippen LogP contribution in [0.25, 0.3) is 6.08 Å². The zero-order valence-electron chi connectivity index (χ0n) is 21.1. The molecule has 39 heavy (non-hydrogen) atoms. The quantitative estimate of drug-likeness (QED) is 0.253. The number of esters is 2. The molecule has 1 unspecified atom stereocenters. The Morgan fingerprint density at radius 1 is 1.00 bits per heavy atom. The first-order valence-electron chi connectivity index (χ1n) is 12.2. The lowest BCUT2D eigenvalue weighted by atomic mass is 9.96. The highest BCUT2D eigenvalue weighted by Gasteiger charge is 2.33. The van der Waals surface area contributed by atoms with Crippen LogP contribution in [0.2, 0.25) is 5.02 Å². The molecule has 0 amide bonds. The molecule has 0 N–H and O–H groups in total. The number of nitrogens with zero attached hydrogens (tertiary/aromatic N) is 2. The number of hydrogen-bond acceptors (Lipinski definition) is 7. The van der Waals surface area contributed by atoms with E-state index >= 15 is 0 Å². The molecule has 1 atom stereocenters. The van der Waals surface area contributed by atoms with E-state index < -0.39 is 18.0 Å². The summed E-state index contributed by atoms with van der Waals surface area (Å²) >= 11 is 7.12. The fourth-order valence-corrected chi connectivity index (χ4v) is 5.45. The van der Waals surface area contributed by atoms with E-state index in [0.717, 1.165) is 11.1 Å². The van der Waals surface area contributed by atoms with Crippen LogP contribution >= 0.6 is 22.9 Å². The molecule has 1 aliphatic heterocycles. The van der Waals surface area contributed by atoms with Crippen molar-refractivity contribution in [3.8, 4) is 5.75 Å². The first-order chi connectivity index (χ1) is 18.9. The predicted molar refractivity (Wildman–Crippen MR) is 150 cm³/mol. The van der Waals surface area contributed by atoms with Gasteiger partial charge in [0.25, 0.3) is 5.56 Å². The van der Waals surface area contributed by atoms with Gasteiger partial charge in [0.15, 0.2) is 4.80 Å². The number of carbonyl (C=O) groups is 2. The van der Waals surface area contributed by atoms with Crippen LogP contribution in [0, 0.1) is 0 Å². The van der Waals surface area contributed by atoms with Gasteiger partial charge in [-0.1, -0.05) is 65.4 Å². The van der Waals surface area contributed by atoms with Crippen LogP contribution < -0.4 is 19.6 Å². The van der Waals surface area contributed by atoms with E-state index in [1.807, 2.05) is 30.3 Å². The van der Waals surface area contributed by atoms with Crippen LogP contribution in [0.3, 0.4) is 0 Å². The minimum absolute atomic E-state index is 0.215. The predicted octanol–water partition coefficient (Wildman–Crippen LogP) is 4.67. The summed E-state index contributed by atoms with van der Waals surface area (Å²) in [5, 5.41) is 0.531. The van der Waals surface area contributed by atoms with Crippen molar-refractivity contribution in [1.29, 1.82) is 0 Å². The van der Waals surface area contributed by atoms with Gasteiger partial charge in [0.1, 0.15) is 5.75 Å². The van der Waals surface area contributed by atoms with Crippen molar-refractivity contribution in [1.82, 2.24) is 4.57 Å². The molecule has 1 aliphatic rings. The van der Waals surface area contributed by atoms with Gasteiger partial charge in [-0.2, -0.15) is 0 Å². The van der Waals surface area contributed by atoms with Crippen LogP contribution in [0.5, 0.6) is 5.75 Å². The molecule has 0 saturated carbocycles. The standard InChI is InChI=1S/C30H23ClN2O5S/c1-3-37-29(36)25-18(2)32-30-33(26(25)20-7-5-4-6-8-20)27(34)24(39-30)17-19-9-15-23(16-10-19)38-28(35)21-11-13-22(31)14-12-21/h4-17,26H,3H2,1-2H3/b24-17+. The van der Waals surface area contributed by atoms with Gasteiger partial charge in [0, 0.05) is 5.02 Å². The fraction of sp³-hybridized carbons (Fsp3) is 0.133. The molecule has 1 aromatic heterocycles. The number of thiazole rings is 1. The number of ether oxygens (including phenoxy) is 2. The maximum Gasteiger partial charge on any atom is 0.343 e. The first kappa shape index (κ1) is 26.3. The number of fused-ring (bicyclic) bond motifs is 1. The molecule has 0 spiro atoms. The molecule has 0 bridgehead atoms. The van der Waals surface area contributed by atoms with E-state index in [1.165, 1.54) is 11.3 Å². The normalized spacial score (nSPS) is 14.9. The van der Waals surface area contributed by atoms with Crippen molar-refractivity contribution in [2.24, 2.45) is 4.99 Å². The van der Waals surface area contributed by atoms with Gasteiger partial charge in [-0.3, -0.25) is 9.36 Å². The lowest BCUT2D eigenvalue weighted by Crippen LogP contribution is -2.39. The number of carbonyl (C=O) groups excluding carboxylic acids is 2. The third-order valence-corrected chi connectivity index (χ3v) is 7.34. The van der Waals surface area contributed by atoms with E-state index in [2.05, 4.69) is 4.99 Å². The molecular formula is C30H23ClN2O5S. The van der Waals surface area contributed by atoms with Crippen molar-refractivity contribution < 1.29 is 19.1 Å². The second-order valence-corrected chi connectivity index (χ2v) is 10.1. The van der Waals surface area contributed by atoms with Gasteiger partial charge in [-0.15, -0.1) is 0 Å². The van der Waals surface area contributed by atoms with Gasteiger partial charge in [0.2, 0.25) is 0 Å². The fourth-order valence-electron chi connectivity index (χ4n) is 4.28. The zero-order chi connectivity index (χ0) is 27.5. The molecule has 0 aliphatic carbocycles. The first-order valence-corrected chi connectivity index (χ1v) is 13.4. The summed E-state index contributed by atoms with van der Waals surface area (Å²) in [4.78, 5) is 44.0. The van der Waals surface area contributed by atoms with E-state index in [0.29, 0.717) is 36.9 Å².